The van der Waals surface area contributed by atoms with Gasteiger partial charge in [-0.1, -0.05) is 0 Å². The lowest BCUT2D eigenvalue weighted by atomic mass is 11.0. The van der Waals surface area contributed by atoms with Gasteiger partial charge in [0.1, 0.15) is 0 Å². The van der Waals surface area contributed by atoms with Gasteiger partial charge >= 0.3 is 6.08 Å². The number of nitrogens with zero attached hydrogens (tertiary/aromatic N) is 1. The molecule has 1 radical (unpaired) electrons. The summed E-state index contributed by atoms with van der Waals surface area (Å²) in [4.78, 5) is 3.59. The lowest BCUT2D eigenvalue weighted by Crippen LogP contribution is -1.78. The lowest BCUT2D eigenvalue weighted by molar-refractivity contribution is 0.288. The first kappa shape index (κ1) is 4.18. The highest BCUT2D eigenvalue weighted by Crippen LogP contribution is 2.00. The molecule has 0 spiro atoms. The van der Waals surface area contributed by atoms with E-state index in [2.05, 4.69) is 20.4 Å². The van der Waals surface area contributed by atoms with Crippen molar-refractivity contribution in [3.8, 4) is 6.08 Å². The highest BCUT2D eigenvalue weighted by Gasteiger charge is 1.88. The van der Waals surface area contributed by atoms with Gasteiger partial charge in [0, 0.05) is 0 Å². The van der Waals surface area contributed by atoms with Crippen LogP contribution in [0.15, 0.2) is 10.6 Å². The molecule has 1 aromatic rings. The maximum atomic E-state index is 4.55. The minimum atomic E-state index is 0.250. The maximum Gasteiger partial charge on any atom is 0.393 e. The number of rotatable bonds is 1. The van der Waals surface area contributed by atoms with Crippen LogP contribution < -0.4 is 4.74 Å². The molecule has 0 unspecified atom stereocenters. The monoisotopic (exact) mass is 98.0 g/mol. The summed E-state index contributed by atoms with van der Waals surface area (Å²) in [5.74, 6) is 0. The molecule has 0 amide bonds. The minimum Gasteiger partial charge on any atom is -0.454 e. The molecule has 0 fully saturated rings. The zero-order valence-electron chi connectivity index (χ0n) is 3.84. The van der Waals surface area contributed by atoms with Gasteiger partial charge in [0.05, 0.1) is 13.3 Å². The predicted molar refractivity (Wildman–Crippen MR) is 21.9 cm³/mol. The fourth-order valence-electron chi connectivity index (χ4n) is 0.277. The molecule has 0 saturated carbocycles. The lowest BCUT2D eigenvalue weighted by Gasteiger charge is -1.82. The van der Waals surface area contributed by atoms with Crippen LogP contribution in [0.1, 0.15) is 0 Å². The maximum absolute atomic E-state index is 4.55. The fourth-order valence-corrected chi connectivity index (χ4v) is 0.277. The Morgan fingerprint density at radius 1 is 2.00 bits per heavy atom. The summed E-state index contributed by atoms with van der Waals surface area (Å²) < 4.78 is 9.07. The summed E-state index contributed by atoms with van der Waals surface area (Å²) in [6.07, 6.45) is 4.02. The summed E-state index contributed by atoms with van der Waals surface area (Å²) >= 11 is 0. The standard InChI is InChI=1S/C4H4NO2/c1-6-4-5-2-3-7-4/h2H,1H3. The van der Waals surface area contributed by atoms with Gasteiger partial charge < -0.3 is 9.15 Å². The molecule has 3 heteroatoms. The van der Waals surface area contributed by atoms with E-state index in [9.17, 15) is 0 Å². The van der Waals surface area contributed by atoms with Crippen LogP contribution >= 0.6 is 0 Å². The average Bonchev–Trinajstić information content (AvgIpc) is 2.14. The highest BCUT2D eigenvalue weighted by molar-refractivity contribution is 4.81. The number of ether oxygens (including phenoxy) is 1. The van der Waals surface area contributed by atoms with Crippen LogP contribution in [-0.2, 0) is 0 Å². The van der Waals surface area contributed by atoms with Gasteiger partial charge in [-0.3, -0.25) is 0 Å². The molecule has 1 heterocycles. The molecule has 7 heavy (non-hydrogen) atoms. The van der Waals surface area contributed by atoms with Crippen molar-refractivity contribution in [2.75, 3.05) is 7.11 Å². The zero-order valence-corrected chi connectivity index (χ0v) is 3.84. The summed E-state index contributed by atoms with van der Waals surface area (Å²) in [5.41, 5.74) is 0. The molecule has 0 bridgehead atoms. The van der Waals surface area contributed by atoms with Crippen molar-refractivity contribution in [2.45, 2.75) is 0 Å². The van der Waals surface area contributed by atoms with E-state index < -0.39 is 0 Å². The number of hydrogen-bond donors (Lipinski definition) is 0. The molecule has 37 valence electrons. The Balaban J connectivity index is 2.76. The molecule has 1 aromatic heterocycles. The van der Waals surface area contributed by atoms with E-state index in [0.717, 1.165) is 0 Å². The quantitative estimate of drug-likeness (QED) is 0.512. The fraction of sp³-hybridized carbons (Fsp3) is 0.250. The molecule has 0 N–H and O–H groups in total. The van der Waals surface area contributed by atoms with Crippen LogP contribution in [-0.4, -0.2) is 12.1 Å². The van der Waals surface area contributed by atoms with Crippen molar-refractivity contribution in [3.05, 3.63) is 12.5 Å². The Morgan fingerprint density at radius 3 is 3.14 bits per heavy atom. The van der Waals surface area contributed by atoms with E-state index in [4.69, 9.17) is 0 Å². The molecule has 1 rings (SSSR count). The molecule has 0 saturated heterocycles. The summed E-state index contributed by atoms with van der Waals surface area (Å²) in [6.45, 7) is 0. The van der Waals surface area contributed by atoms with Crippen molar-refractivity contribution in [2.24, 2.45) is 0 Å². The summed E-state index contributed by atoms with van der Waals surface area (Å²) in [6, 6.07) is 0. The van der Waals surface area contributed by atoms with E-state index in [-0.39, 0.29) is 6.08 Å². The van der Waals surface area contributed by atoms with Crippen LogP contribution in [0, 0.1) is 6.26 Å². The highest BCUT2D eigenvalue weighted by atomic mass is 16.6. The predicted octanol–water partition coefficient (Wildman–Crippen LogP) is 0.483. The molecule has 0 aromatic carbocycles. The minimum absolute atomic E-state index is 0.250. The second-order valence-electron chi connectivity index (χ2n) is 0.948. The molecule has 0 aliphatic rings. The molecular formula is C4H4NO2. The van der Waals surface area contributed by atoms with E-state index in [1.54, 1.807) is 0 Å². The van der Waals surface area contributed by atoms with Crippen LogP contribution in [0.2, 0.25) is 0 Å². The van der Waals surface area contributed by atoms with Gasteiger partial charge in [-0.25, -0.2) is 0 Å². The Labute approximate surface area is 40.9 Å². The van der Waals surface area contributed by atoms with Gasteiger partial charge in [0.15, 0.2) is 6.26 Å². The molecule has 0 atom stereocenters. The first-order valence-electron chi connectivity index (χ1n) is 1.79. The zero-order chi connectivity index (χ0) is 5.11. The number of oxazole rings is 1. The van der Waals surface area contributed by atoms with E-state index in [0.29, 0.717) is 0 Å². The van der Waals surface area contributed by atoms with Gasteiger partial charge in [-0.15, -0.1) is 0 Å². The Hall–Kier alpha value is -0.990. The summed E-state index contributed by atoms with van der Waals surface area (Å²) in [7, 11) is 1.49. The van der Waals surface area contributed by atoms with Crippen molar-refractivity contribution in [1.82, 2.24) is 4.98 Å². The molecule has 0 aliphatic carbocycles. The van der Waals surface area contributed by atoms with Crippen LogP contribution in [0.5, 0.6) is 6.08 Å². The third kappa shape index (κ3) is 0.707. The number of methoxy groups -OCH3 is 1. The Morgan fingerprint density at radius 2 is 2.86 bits per heavy atom. The SMILES string of the molecule is COc1nc[c]o1. The number of aromatic nitrogens is 1. The van der Waals surface area contributed by atoms with Crippen molar-refractivity contribution in [1.29, 1.82) is 0 Å². The average molecular weight is 98.1 g/mol. The van der Waals surface area contributed by atoms with Gasteiger partial charge in [-0.05, 0) is 0 Å². The summed E-state index contributed by atoms with van der Waals surface area (Å²) in [5, 5.41) is 0. The normalized spacial score (nSPS) is 8.71. The van der Waals surface area contributed by atoms with Gasteiger partial charge in [0.2, 0.25) is 0 Å². The van der Waals surface area contributed by atoms with Crippen molar-refractivity contribution in [3.63, 3.8) is 0 Å². The molecule has 0 aliphatic heterocycles. The van der Waals surface area contributed by atoms with E-state index in [1.807, 2.05) is 0 Å². The smallest absolute Gasteiger partial charge is 0.393 e. The van der Waals surface area contributed by atoms with Crippen molar-refractivity contribution < 1.29 is 9.15 Å². The molecule has 3 nitrogen and oxygen atoms in total. The number of hydrogen-bond acceptors (Lipinski definition) is 3. The molecular weight excluding hydrogens is 94.0 g/mol. The van der Waals surface area contributed by atoms with Crippen LogP contribution in [0.25, 0.3) is 0 Å². The van der Waals surface area contributed by atoms with Gasteiger partial charge in [-0.2, -0.15) is 4.98 Å². The Bertz CT molecular complexity index is 124. The van der Waals surface area contributed by atoms with Crippen molar-refractivity contribution >= 4 is 0 Å². The van der Waals surface area contributed by atoms with Crippen LogP contribution in [0.3, 0.4) is 0 Å². The van der Waals surface area contributed by atoms with E-state index >= 15 is 0 Å². The first-order valence-corrected chi connectivity index (χ1v) is 1.79. The third-order valence-electron chi connectivity index (χ3n) is 0.544. The second kappa shape index (κ2) is 1.64. The van der Waals surface area contributed by atoms with Gasteiger partial charge in [0.25, 0.3) is 0 Å². The largest absolute Gasteiger partial charge is 0.454 e. The Kier molecular flexibility index (Phi) is 0.978. The topological polar surface area (TPSA) is 35.3 Å². The van der Waals surface area contributed by atoms with Crippen LogP contribution in [0.4, 0.5) is 0 Å². The first-order chi connectivity index (χ1) is 3.43. The third-order valence-corrected chi connectivity index (χ3v) is 0.544. The van der Waals surface area contributed by atoms with E-state index in [1.165, 1.54) is 13.3 Å². The second-order valence-corrected chi connectivity index (χ2v) is 0.948.